The molecule has 3 heterocycles. The van der Waals surface area contributed by atoms with Crippen LogP contribution in [0.1, 0.15) is 30.8 Å². The summed E-state index contributed by atoms with van der Waals surface area (Å²) in [7, 11) is -1.57. The number of pyridine rings is 1. The van der Waals surface area contributed by atoms with Crippen molar-refractivity contribution in [1.82, 2.24) is 29.7 Å². The summed E-state index contributed by atoms with van der Waals surface area (Å²) in [6, 6.07) is 8.67. The van der Waals surface area contributed by atoms with E-state index in [4.69, 9.17) is 14.7 Å². The molecule has 0 amide bonds. The van der Waals surface area contributed by atoms with E-state index in [9.17, 15) is 8.42 Å². The van der Waals surface area contributed by atoms with Crippen LogP contribution in [-0.4, -0.2) is 57.6 Å². The topological polar surface area (TPSA) is 158 Å². The standard InChI is InChI=1S/C25H25FN8O4S/c1-15-9-18(14-28-11-15)22-31-32-24(34(22)21-19(37-4)7-6-8-20(21)38-5)33-39(35,36)16(2)25(3,26)23-29-12-17(10-27)13-30-23/h6-9,11-14,16H,1-5H3,(H,32,33)/t16-,25+/m0/s1. The molecule has 1 N–H and O–H groups in total. The predicted molar refractivity (Wildman–Crippen MR) is 140 cm³/mol. The van der Waals surface area contributed by atoms with Crippen LogP contribution >= 0.6 is 0 Å². The highest BCUT2D eigenvalue weighted by atomic mass is 32.2. The lowest BCUT2D eigenvalue weighted by atomic mass is 10.0. The zero-order chi connectivity index (χ0) is 28.4. The van der Waals surface area contributed by atoms with Crippen LogP contribution in [0, 0.1) is 18.3 Å². The van der Waals surface area contributed by atoms with Gasteiger partial charge < -0.3 is 9.47 Å². The Bertz CT molecular complexity index is 1630. The van der Waals surface area contributed by atoms with Gasteiger partial charge in [0, 0.05) is 30.4 Å². The van der Waals surface area contributed by atoms with E-state index in [0.717, 1.165) is 24.9 Å². The van der Waals surface area contributed by atoms with Crippen LogP contribution in [0.3, 0.4) is 0 Å². The minimum atomic E-state index is -4.47. The molecule has 0 bridgehead atoms. The average molecular weight is 553 g/mol. The number of ether oxygens (including phenoxy) is 2. The van der Waals surface area contributed by atoms with Crippen LogP contribution in [-0.2, 0) is 15.7 Å². The molecule has 4 rings (SSSR count). The van der Waals surface area contributed by atoms with E-state index in [-0.39, 0.29) is 17.3 Å². The zero-order valence-electron chi connectivity index (χ0n) is 21.7. The molecule has 1 aromatic carbocycles. The largest absolute Gasteiger partial charge is 0.494 e. The fraction of sp³-hybridized carbons (Fsp3) is 0.280. The van der Waals surface area contributed by atoms with Gasteiger partial charge in [-0.15, -0.1) is 10.2 Å². The Kier molecular flexibility index (Phi) is 7.46. The second-order valence-electron chi connectivity index (χ2n) is 8.72. The molecule has 3 aromatic heterocycles. The van der Waals surface area contributed by atoms with Crippen molar-refractivity contribution >= 4 is 16.0 Å². The number of nitrogens with one attached hydrogen (secondary N) is 1. The van der Waals surface area contributed by atoms with Gasteiger partial charge in [0.2, 0.25) is 16.0 Å². The number of para-hydroxylation sites is 1. The molecule has 12 nitrogen and oxygen atoms in total. The van der Waals surface area contributed by atoms with Gasteiger partial charge in [0.1, 0.15) is 28.5 Å². The molecule has 0 radical (unpaired) electrons. The Morgan fingerprint density at radius 3 is 2.31 bits per heavy atom. The molecule has 202 valence electrons. The van der Waals surface area contributed by atoms with Gasteiger partial charge in [0.15, 0.2) is 17.3 Å². The van der Waals surface area contributed by atoms with Crippen LogP contribution < -0.4 is 14.2 Å². The summed E-state index contributed by atoms with van der Waals surface area (Å²) >= 11 is 0. The monoisotopic (exact) mass is 552 g/mol. The number of hydrogen-bond donors (Lipinski definition) is 1. The van der Waals surface area contributed by atoms with Gasteiger partial charge in [0.25, 0.3) is 0 Å². The number of methoxy groups -OCH3 is 2. The molecule has 0 saturated heterocycles. The number of benzene rings is 1. The first-order chi connectivity index (χ1) is 18.5. The second-order valence-corrected chi connectivity index (χ2v) is 10.7. The Labute approximate surface area is 224 Å². The number of nitriles is 1. The summed E-state index contributed by atoms with van der Waals surface area (Å²) in [5.41, 5.74) is -0.737. The van der Waals surface area contributed by atoms with Crippen molar-refractivity contribution in [3.8, 4) is 34.6 Å². The van der Waals surface area contributed by atoms with Gasteiger partial charge in [-0.2, -0.15) is 5.26 Å². The Balaban J connectivity index is 1.85. The van der Waals surface area contributed by atoms with Crippen LogP contribution in [0.15, 0.2) is 49.1 Å². The van der Waals surface area contributed by atoms with E-state index < -0.39 is 26.8 Å². The molecular formula is C25H25FN8O4S. The van der Waals surface area contributed by atoms with E-state index in [2.05, 4.69) is 29.9 Å². The molecule has 14 heteroatoms. The minimum Gasteiger partial charge on any atom is -0.494 e. The van der Waals surface area contributed by atoms with Crippen molar-refractivity contribution in [2.24, 2.45) is 0 Å². The lowest BCUT2D eigenvalue weighted by Gasteiger charge is -2.26. The molecule has 4 aromatic rings. The summed E-state index contributed by atoms with van der Waals surface area (Å²) in [5, 5.41) is 15.6. The van der Waals surface area contributed by atoms with Gasteiger partial charge in [0.05, 0.1) is 19.8 Å². The van der Waals surface area contributed by atoms with Crippen LogP contribution in [0.2, 0.25) is 0 Å². The maximum absolute atomic E-state index is 15.9. The van der Waals surface area contributed by atoms with Crippen molar-refractivity contribution in [2.75, 3.05) is 18.9 Å². The average Bonchev–Trinajstić information content (AvgIpc) is 3.34. The fourth-order valence-corrected chi connectivity index (χ4v) is 5.06. The van der Waals surface area contributed by atoms with Gasteiger partial charge in [-0.05, 0) is 44.5 Å². The first kappa shape index (κ1) is 27.4. The summed E-state index contributed by atoms with van der Waals surface area (Å²) in [4.78, 5) is 11.9. The first-order valence-corrected chi connectivity index (χ1v) is 13.1. The molecule has 2 atom stereocenters. The number of halogens is 1. The molecule has 39 heavy (non-hydrogen) atoms. The minimum absolute atomic E-state index is 0.111. The van der Waals surface area contributed by atoms with Gasteiger partial charge in [-0.1, -0.05) is 6.07 Å². The molecule has 0 aliphatic heterocycles. The van der Waals surface area contributed by atoms with E-state index in [1.54, 1.807) is 36.7 Å². The molecule has 0 unspecified atom stereocenters. The van der Waals surface area contributed by atoms with Gasteiger partial charge in [-0.3, -0.25) is 14.3 Å². The van der Waals surface area contributed by atoms with E-state index in [1.807, 2.05) is 13.0 Å². The zero-order valence-corrected chi connectivity index (χ0v) is 22.6. The summed E-state index contributed by atoms with van der Waals surface area (Å²) in [6.45, 7) is 4.08. The number of nitrogens with zero attached hydrogens (tertiary/aromatic N) is 7. The van der Waals surface area contributed by atoms with Crippen molar-refractivity contribution in [1.29, 1.82) is 5.26 Å². The summed E-state index contributed by atoms with van der Waals surface area (Å²) in [6.07, 6.45) is 5.46. The summed E-state index contributed by atoms with van der Waals surface area (Å²) < 4.78 is 57.8. The normalized spacial score (nSPS) is 13.7. The number of alkyl halides is 1. The third-order valence-corrected chi connectivity index (χ3v) is 7.94. The lowest BCUT2D eigenvalue weighted by Crippen LogP contribution is -2.41. The number of anilines is 1. The van der Waals surface area contributed by atoms with Crippen molar-refractivity contribution in [3.05, 3.63) is 66.0 Å². The third kappa shape index (κ3) is 5.21. The van der Waals surface area contributed by atoms with Gasteiger partial charge >= 0.3 is 0 Å². The molecule has 0 aliphatic rings. The third-order valence-electron chi connectivity index (χ3n) is 6.10. The highest BCUT2D eigenvalue weighted by Gasteiger charge is 2.45. The van der Waals surface area contributed by atoms with E-state index in [0.29, 0.717) is 22.7 Å². The second kappa shape index (κ2) is 10.6. The maximum atomic E-state index is 15.9. The fourth-order valence-electron chi connectivity index (χ4n) is 3.81. The number of hydrogen-bond acceptors (Lipinski definition) is 10. The van der Waals surface area contributed by atoms with Crippen LogP contribution in [0.5, 0.6) is 11.5 Å². The van der Waals surface area contributed by atoms with Crippen LogP contribution in [0.4, 0.5) is 10.3 Å². The van der Waals surface area contributed by atoms with E-state index >= 15 is 4.39 Å². The Hall–Kier alpha value is -4.64. The van der Waals surface area contributed by atoms with Crippen molar-refractivity contribution < 1.29 is 22.3 Å². The Morgan fingerprint density at radius 1 is 1.10 bits per heavy atom. The maximum Gasteiger partial charge on any atom is 0.243 e. The summed E-state index contributed by atoms with van der Waals surface area (Å²) in [5.74, 6) is 0.283. The van der Waals surface area contributed by atoms with Crippen molar-refractivity contribution in [3.63, 3.8) is 0 Å². The van der Waals surface area contributed by atoms with Gasteiger partial charge in [-0.25, -0.2) is 22.8 Å². The number of sulfonamides is 1. The first-order valence-electron chi connectivity index (χ1n) is 11.6. The van der Waals surface area contributed by atoms with Crippen LogP contribution in [0.25, 0.3) is 17.1 Å². The predicted octanol–water partition coefficient (Wildman–Crippen LogP) is 3.33. The quantitative estimate of drug-likeness (QED) is 0.326. The highest BCUT2D eigenvalue weighted by Crippen LogP contribution is 2.38. The number of aromatic nitrogens is 6. The lowest BCUT2D eigenvalue weighted by molar-refractivity contribution is 0.175. The Morgan fingerprint density at radius 2 is 1.74 bits per heavy atom. The number of aryl methyl sites for hydroxylation is 1. The van der Waals surface area contributed by atoms with Crippen molar-refractivity contribution in [2.45, 2.75) is 31.7 Å². The molecule has 0 fully saturated rings. The molecular weight excluding hydrogens is 527 g/mol. The molecule has 0 aliphatic carbocycles. The number of rotatable bonds is 9. The molecule has 0 saturated carbocycles. The molecule has 0 spiro atoms. The highest BCUT2D eigenvalue weighted by molar-refractivity contribution is 7.93. The van der Waals surface area contributed by atoms with E-state index in [1.165, 1.54) is 25.7 Å². The SMILES string of the molecule is COc1cccc(OC)c1-n1c(NS(=O)(=O)[C@@H](C)[C@@](C)(F)c2ncc(C#N)cn2)nnc1-c1cncc(C)c1. The smallest absolute Gasteiger partial charge is 0.243 e.